The van der Waals surface area contributed by atoms with Gasteiger partial charge in [-0.05, 0) is 42.5 Å². The van der Waals surface area contributed by atoms with Gasteiger partial charge in [0.15, 0.2) is 0 Å². The number of hydrogen-bond donors (Lipinski definition) is 2. The number of carbonyl (C=O) groups is 1. The molecule has 2 aromatic carbocycles. The number of hydrogen-bond acceptors (Lipinski definition) is 3. The van der Waals surface area contributed by atoms with Crippen LogP contribution in [0.4, 0.5) is 30.2 Å². The highest BCUT2D eigenvalue weighted by Crippen LogP contribution is 2.20. The molecule has 0 aliphatic heterocycles. The average Bonchev–Trinajstić information content (AvgIpc) is 2.58. The summed E-state index contributed by atoms with van der Waals surface area (Å²) >= 11 is 0. The van der Waals surface area contributed by atoms with Crippen molar-refractivity contribution >= 4 is 23.0 Å². The summed E-state index contributed by atoms with van der Waals surface area (Å²) in [7, 11) is 0. The maximum absolute atomic E-state index is 13.6. The van der Waals surface area contributed by atoms with Crippen molar-refractivity contribution in [1.82, 2.24) is 4.98 Å². The first-order chi connectivity index (χ1) is 12.0. The minimum Gasteiger partial charge on any atom is -0.352 e. The lowest BCUT2D eigenvalue weighted by Gasteiger charge is -2.08. The molecule has 126 valence electrons. The zero-order valence-electron chi connectivity index (χ0n) is 12.8. The summed E-state index contributed by atoms with van der Waals surface area (Å²) in [5.74, 6) is -2.39. The Bertz CT molecular complexity index is 914. The number of nitrogens with one attached hydrogen (secondary N) is 2. The Morgan fingerprint density at radius 2 is 1.68 bits per heavy atom. The van der Waals surface area contributed by atoms with Crippen molar-refractivity contribution in [3.63, 3.8) is 0 Å². The molecule has 4 nitrogen and oxygen atoms in total. The Balaban J connectivity index is 1.70. The molecule has 7 heteroatoms. The molecule has 1 heterocycles. The van der Waals surface area contributed by atoms with Gasteiger partial charge in [-0.2, -0.15) is 0 Å². The zero-order valence-corrected chi connectivity index (χ0v) is 12.8. The lowest BCUT2D eigenvalue weighted by Crippen LogP contribution is -2.13. The smallest absolute Gasteiger partial charge is 0.274 e. The molecular weight excluding hydrogens is 331 g/mol. The summed E-state index contributed by atoms with van der Waals surface area (Å²) in [6, 6.07) is 11.6. The molecule has 25 heavy (non-hydrogen) atoms. The fourth-order valence-corrected chi connectivity index (χ4v) is 2.11. The van der Waals surface area contributed by atoms with Crippen molar-refractivity contribution in [3.8, 4) is 0 Å². The van der Waals surface area contributed by atoms with Crippen molar-refractivity contribution in [2.45, 2.75) is 0 Å². The van der Waals surface area contributed by atoms with E-state index in [0.717, 1.165) is 12.1 Å². The molecule has 0 saturated carbocycles. The lowest BCUT2D eigenvalue weighted by atomic mass is 10.2. The van der Waals surface area contributed by atoms with Gasteiger partial charge in [0, 0.05) is 11.8 Å². The zero-order chi connectivity index (χ0) is 17.8. The predicted molar refractivity (Wildman–Crippen MR) is 88.2 cm³/mol. The molecule has 1 aromatic heterocycles. The van der Waals surface area contributed by atoms with Crippen LogP contribution in [0.25, 0.3) is 0 Å². The maximum atomic E-state index is 13.6. The van der Waals surface area contributed by atoms with Gasteiger partial charge in [-0.15, -0.1) is 0 Å². The molecule has 0 spiro atoms. The van der Waals surface area contributed by atoms with E-state index in [1.165, 1.54) is 42.6 Å². The average molecular weight is 343 g/mol. The van der Waals surface area contributed by atoms with Crippen LogP contribution in [0.2, 0.25) is 0 Å². The van der Waals surface area contributed by atoms with Crippen molar-refractivity contribution in [1.29, 1.82) is 0 Å². The summed E-state index contributed by atoms with van der Waals surface area (Å²) in [6.45, 7) is 0. The van der Waals surface area contributed by atoms with Crippen LogP contribution in [0.1, 0.15) is 10.5 Å². The second-order valence-corrected chi connectivity index (χ2v) is 5.15. The van der Waals surface area contributed by atoms with E-state index < -0.39 is 23.4 Å². The summed E-state index contributed by atoms with van der Waals surface area (Å²) in [5, 5.41) is 5.26. The quantitative estimate of drug-likeness (QED) is 0.734. The van der Waals surface area contributed by atoms with Gasteiger partial charge in [-0.25, -0.2) is 18.2 Å². The Morgan fingerprint density at radius 1 is 0.880 bits per heavy atom. The number of rotatable bonds is 4. The Kier molecular flexibility index (Phi) is 4.65. The van der Waals surface area contributed by atoms with E-state index in [4.69, 9.17) is 0 Å². The number of halogens is 3. The van der Waals surface area contributed by atoms with Gasteiger partial charge in [-0.3, -0.25) is 4.79 Å². The van der Waals surface area contributed by atoms with Crippen molar-refractivity contribution in [2.24, 2.45) is 0 Å². The molecule has 3 rings (SSSR count). The number of pyridine rings is 1. The number of carbonyl (C=O) groups excluding carboxylic acids is 1. The second kappa shape index (κ2) is 7.04. The maximum Gasteiger partial charge on any atom is 0.274 e. The van der Waals surface area contributed by atoms with Crippen LogP contribution in [0.5, 0.6) is 0 Å². The fourth-order valence-electron chi connectivity index (χ4n) is 2.11. The largest absolute Gasteiger partial charge is 0.352 e. The first kappa shape index (κ1) is 16.5. The van der Waals surface area contributed by atoms with Gasteiger partial charge in [0.1, 0.15) is 23.1 Å². The van der Waals surface area contributed by atoms with Gasteiger partial charge in [-0.1, -0.05) is 6.07 Å². The number of nitrogens with zero attached hydrogens (tertiary/aromatic N) is 1. The van der Waals surface area contributed by atoms with E-state index in [1.54, 1.807) is 6.07 Å². The topological polar surface area (TPSA) is 54.0 Å². The number of benzene rings is 2. The first-order valence-electron chi connectivity index (χ1n) is 7.26. The number of aromatic nitrogens is 1. The van der Waals surface area contributed by atoms with Crippen LogP contribution >= 0.6 is 0 Å². The van der Waals surface area contributed by atoms with Crippen LogP contribution in [-0.2, 0) is 0 Å². The molecule has 2 N–H and O–H groups in total. The van der Waals surface area contributed by atoms with E-state index in [-0.39, 0.29) is 11.4 Å². The van der Waals surface area contributed by atoms with E-state index in [9.17, 15) is 18.0 Å². The Hall–Kier alpha value is -3.35. The van der Waals surface area contributed by atoms with Gasteiger partial charge >= 0.3 is 0 Å². The van der Waals surface area contributed by atoms with Gasteiger partial charge in [0.05, 0.1) is 17.6 Å². The molecule has 0 aliphatic rings. The van der Waals surface area contributed by atoms with E-state index in [0.29, 0.717) is 11.4 Å². The molecule has 0 radical (unpaired) electrons. The molecule has 3 aromatic rings. The van der Waals surface area contributed by atoms with Gasteiger partial charge < -0.3 is 10.6 Å². The summed E-state index contributed by atoms with van der Waals surface area (Å²) in [5.41, 5.74) is 0.921. The third-order valence-electron chi connectivity index (χ3n) is 3.29. The van der Waals surface area contributed by atoms with E-state index >= 15 is 0 Å². The summed E-state index contributed by atoms with van der Waals surface area (Å²) in [6.07, 6.45) is 1.34. The molecule has 0 atom stereocenters. The van der Waals surface area contributed by atoms with Crippen LogP contribution in [0, 0.1) is 17.5 Å². The van der Waals surface area contributed by atoms with Crippen LogP contribution < -0.4 is 10.6 Å². The molecule has 0 saturated heterocycles. The number of anilines is 3. The highest BCUT2D eigenvalue weighted by molar-refractivity contribution is 6.02. The monoisotopic (exact) mass is 343 g/mol. The molecule has 0 unspecified atom stereocenters. The lowest BCUT2D eigenvalue weighted by molar-refractivity contribution is 0.102. The third kappa shape index (κ3) is 4.14. The van der Waals surface area contributed by atoms with Gasteiger partial charge in [0.25, 0.3) is 5.91 Å². The van der Waals surface area contributed by atoms with Crippen molar-refractivity contribution in [3.05, 3.63) is 83.9 Å². The van der Waals surface area contributed by atoms with Crippen LogP contribution in [0.15, 0.2) is 60.8 Å². The van der Waals surface area contributed by atoms with Crippen molar-refractivity contribution < 1.29 is 18.0 Å². The minimum absolute atomic E-state index is 0.0835. The van der Waals surface area contributed by atoms with Crippen LogP contribution in [0.3, 0.4) is 0 Å². The summed E-state index contributed by atoms with van der Waals surface area (Å²) in [4.78, 5) is 16.0. The highest BCUT2D eigenvalue weighted by Gasteiger charge is 2.09. The normalized spacial score (nSPS) is 10.4. The second-order valence-electron chi connectivity index (χ2n) is 5.15. The highest BCUT2D eigenvalue weighted by atomic mass is 19.1. The SMILES string of the molecule is O=C(Nc1cccc(F)c1)c1ccc(Nc2ccc(F)cc2F)cn1. The van der Waals surface area contributed by atoms with Crippen molar-refractivity contribution in [2.75, 3.05) is 10.6 Å². The standard InChI is InChI=1S/C18H12F3N3O/c19-11-2-1-3-13(8-11)24-18(25)17-7-5-14(10-22-17)23-16-6-4-12(20)9-15(16)21/h1-10,23H,(H,24,25). The molecule has 1 amide bonds. The minimum atomic E-state index is -0.743. The molecule has 0 aliphatic carbocycles. The van der Waals surface area contributed by atoms with Gasteiger partial charge in [0.2, 0.25) is 0 Å². The predicted octanol–water partition coefficient (Wildman–Crippen LogP) is 4.49. The fraction of sp³-hybridized carbons (Fsp3) is 0. The van der Waals surface area contributed by atoms with Crippen LogP contribution in [-0.4, -0.2) is 10.9 Å². The number of amides is 1. The molecule has 0 bridgehead atoms. The Labute approximate surface area is 141 Å². The summed E-state index contributed by atoms with van der Waals surface area (Å²) < 4.78 is 39.6. The first-order valence-corrected chi connectivity index (χ1v) is 7.26. The third-order valence-corrected chi connectivity index (χ3v) is 3.29. The molecule has 0 fully saturated rings. The van der Waals surface area contributed by atoms with E-state index in [2.05, 4.69) is 15.6 Å². The van der Waals surface area contributed by atoms with E-state index in [1.807, 2.05) is 0 Å². The molecular formula is C18H12F3N3O. The Morgan fingerprint density at radius 3 is 2.36 bits per heavy atom.